The number of hydrogen-bond acceptors (Lipinski definition) is 12. The number of carbonyl (C=O) groups is 2. The topological polar surface area (TPSA) is 126 Å². The summed E-state index contributed by atoms with van der Waals surface area (Å²) in [5, 5.41) is 0. The van der Waals surface area contributed by atoms with Crippen LogP contribution in [0.25, 0.3) is 11.1 Å². The van der Waals surface area contributed by atoms with Gasteiger partial charge in [-0.3, -0.25) is 0 Å². The van der Waals surface area contributed by atoms with Crippen molar-refractivity contribution in [2.24, 2.45) is 0 Å². The van der Waals surface area contributed by atoms with Crippen LogP contribution in [0.2, 0.25) is 0 Å². The standard InChI is InChI=1S/C52H68N2O12/c1-34-28-35(14-16-41(34)57-4)29-40-49-38(32-45(61-8)51(63-10)52(49)64-11)21-25-54(40,3)23-13-27-66-47(56)19-18-46(55)65-26-12-22-53(2)24-20-36-30-44(60-7)50(62-9)48(39(36)33-53)37-15-17-42(58-5)43(31-37)59-6/h14-19,28,30-32,40H,12-13,20-27,29,33H2,1-11H3/q+2/b19-18+. The Kier molecular flexibility index (Phi) is 16.4. The number of methoxy groups -OCH3 is 8. The van der Waals surface area contributed by atoms with Crippen molar-refractivity contribution in [2.75, 3.05) is 110 Å². The second kappa shape index (κ2) is 21.9. The molecule has 0 bridgehead atoms. The Balaban J connectivity index is 1.04. The number of esters is 2. The first-order valence-electron chi connectivity index (χ1n) is 22.4. The first-order valence-corrected chi connectivity index (χ1v) is 22.4. The van der Waals surface area contributed by atoms with Crippen LogP contribution in [0.4, 0.5) is 0 Å². The lowest BCUT2D eigenvalue weighted by Crippen LogP contribution is -2.52. The molecule has 0 saturated heterocycles. The maximum absolute atomic E-state index is 12.8. The molecule has 0 aliphatic carbocycles. The molecule has 14 nitrogen and oxygen atoms in total. The molecule has 0 spiro atoms. The van der Waals surface area contributed by atoms with Gasteiger partial charge in [0.05, 0.1) is 116 Å². The van der Waals surface area contributed by atoms with Gasteiger partial charge < -0.3 is 56.3 Å². The molecule has 0 fully saturated rings. The average Bonchev–Trinajstić information content (AvgIpc) is 3.33. The van der Waals surface area contributed by atoms with Crippen LogP contribution in [-0.4, -0.2) is 131 Å². The Morgan fingerprint density at radius 1 is 0.606 bits per heavy atom. The molecule has 0 radical (unpaired) electrons. The molecule has 4 aromatic rings. The van der Waals surface area contributed by atoms with E-state index in [1.165, 1.54) is 16.7 Å². The average molecular weight is 913 g/mol. The van der Waals surface area contributed by atoms with Gasteiger partial charge in [-0.1, -0.05) is 18.2 Å². The van der Waals surface area contributed by atoms with Crippen LogP contribution in [0.5, 0.6) is 46.0 Å². The molecule has 66 heavy (non-hydrogen) atoms. The summed E-state index contributed by atoms with van der Waals surface area (Å²) in [6, 6.07) is 16.3. The van der Waals surface area contributed by atoms with Crippen LogP contribution in [0.15, 0.2) is 60.7 Å². The summed E-state index contributed by atoms with van der Waals surface area (Å²) in [5.74, 6) is 4.14. The monoisotopic (exact) mass is 912 g/mol. The van der Waals surface area contributed by atoms with E-state index in [-0.39, 0.29) is 19.3 Å². The summed E-state index contributed by atoms with van der Waals surface area (Å²) in [6.07, 6.45) is 5.92. The van der Waals surface area contributed by atoms with Crippen LogP contribution in [-0.2, 0) is 44.9 Å². The second-order valence-electron chi connectivity index (χ2n) is 17.5. The number of rotatable bonds is 21. The molecule has 356 valence electrons. The molecular formula is C52H68N2O12+2. The van der Waals surface area contributed by atoms with Gasteiger partial charge in [0, 0.05) is 55.4 Å². The third kappa shape index (κ3) is 10.8. The molecule has 0 saturated carbocycles. The number of carbonyl (C=O) groups excluding carboxylic acids is 2. The number of ether oxygens (including phenoxy) is 10. The highest BCUT2D eigenvalue weighted by molar-refractivity contribution is 5.91. The lowest BCUT2D eigenvalue weighted by atomic mass is 9.85. The number of hydrogen-bond donors (Lipinski definition) is 0. The van der Waals surface area contributed by atoms with Crippen molar-refractivity contribution in [3.8, 4) is 57.1 Å². The normalized spacial score (nSPS) is 18.7. The first-order chi connectivity index (χ1) is 31.8. The van der Waals surface area contributed by atoms with E-state index in [1.54, 1.807) is 56.9 Å². The first kappa shape index (κ1) is 49.3. The van der Waals surface area contributed by atoms with Crippen molar-refractivity contribution in [3.63, 3.8) is 0 Å². The van der Waals surface area contributed by atoms with Gasteiger partial charge in [-0.05, 0) is 65.1 Å². The van der Waals surface area contributed by atoms with Crippen molar-refractivity contribution in [1.29, 1.82) is 0 Å². The zero-order valence-corrected chi connectivity index (χ0v) is 40.6. The molecule has 0 N–H and O–H groups in total. The fourth-order valence-corrected chi connectivity index (χ4v) is 9.80. The SMILES string of the molecule is COc1ccc(CC2c3c(cc(OC)c(OC)c3OC)CC[N+]2(C)CCCOC(=O)/C=C/C(=O)OCCC[N+]2(C)CCc3cc(OC)c(OC)c(-c4ccc(OC)c(OC)c4)c3C2)cc1C. The van der Waals surface area contributed by atoms with Gasteiger partial charge in [0.2, 0.25) is 5.75 Å². The Hall–Kier alpha value is -6.12. The Morgan fingerprint density at radius 2 is 1.18 bits per heavy atom. The number of likely N-dealkylation sites (N-methyl/N-ethyl adjacent to an activating group) is 2. The highest BCUT2D eigenvalue weighted by atomic mass is 16.5. The number of aryl methyl sites for hydroxylation is 1. The smallest absolute Gasteiger partial charge is 0.331 e. The minimum absolute atomic E-state index is 0.00560. The molecule has 6 rings (SSSR count). The third-order valence-corrected chi connectivity index (χ3v) is 13.3. The molecular weight excluding hydrogens is 845 g/mol. The minimum atomic E-state index is -0.593. The molecule has 4 aromatic carbocycles. The highest BCUT2D eigenvalue weighted by Gasteiger charge is 2.43. The van der Waals surface area contributed by atoms with Crippen molar-refractivity contribution in [2.45, 2.75) is 51.6 Å². The highest BCUT2D eigenvalue weighted by Crippen LogP contribution is 2.51. The van der Waals surface area contributed by atoms with E-state index in [0.717, 1.165) is 102 Å². The predicted octanol–water partition coefficient (Wildman–Crippen LogP) is 7.64. The molecule has 0 amide bonds. The lowest BCUT2D eigenvalue weighted by molar-refractivity contribution is -0.941. The van der Waals surface area contributed by atoms with Gasteiger partial charge in [0.1, 0.15) is 18.3 Å². The van der Waals surface area contributed by atoms with E-state index in [1.807, 2.05) is 31.2 Å². The molecule has 2 aliphatic heterocycles. The Bertz CT molecular complexity index is 2400. The van der Waals surface area contributed by atoms with Crippen LogP contribution >= 0.6 is 0 Å². The van der Waals surface area contributed by atoms with E-state index in [4.69, 9.17) is 47.4 Å². The van der Waals surface area contributed by atoms with Crippen molar-refractivity contribution < 1.29 is 65.9 Å². The summed E-state index contributed by atoms with van der Waals surface area (Å²) >= 11 is 0. The predicted molar refractivity (Wildman–Crippen MR) is 252 cm³/mol. The molecule has 2 heterocycles. The molecule has 3 unspecified atom stereocenters. The van der Waals surface area contributed by atoms with E-state index < -0.39 is 11.9 Å². The fraction of sp³-hybridized carbons (Fsp3) is 0.462. The zero-order chi connectivity index (χ0) is 47.6. The van der Waals surface area contributed by atoms with Crippen molar-refractivity contribution in [1.82, 2.24) is 0 Å². The van der Waals surface area contributed by atoms with Crippen LogP contribution in [0, 0.1) is 6.92 Å². The minimum Gasteiger partial charge on any atom is -0.496 e. The van der Waals surface area contributed by atoms with Gasteiger partial charge in [-0.2, -0.15) is 0 Å². The van der Waals surface area contributed by atoms with Crippen molar-refractivity contribution >= 4 is 11.9 Å². The maximum Gasteiger partial charge on any atom is 0.331 e. The molecule has 14 heteroatoms. The third-order valence-electron chi connectivity index (χ3n) is 13.3. The number of nitrogens with zero attached hydrogens (tertiary/aromatic N) is 2. The Morgan fingerprint density at radius 3 is 1.79 bits per heavy atom. The van der Waals surface area contributed by atoms with Crippen LogP contribution in [0.1, 0.15) is 52.3 Å². The largest absolute Gasteiger partial charge is 0.496 e. The van der Waals surface area contributed by atoms with Gasteiger partial charge in [-0.15, -0.1) is 0 Å². The number of benzene rings is 4. The summed E-state index contributed by atoms with van der Waals surface area (Å²) in [7, 11) is 17.6. The summed E-state index contributed by atoms with van der Waals surface area (Å²) in [4.78, 5) is 25.5. The molecule has 0 aromatic heterocycles. The van der Waals surface area contributed by atoms with E-state index in [0.29, 0.717) is 57.6 Å². The van der Waals surface area contributed by atoms with E-state index >= 15 is 0 Å². The van der Waals surface area contributed by atoms with Crippen molar-refractivity contribution in [3.05, 3.63) is 94.1 Å². The van der Waals surface area contributed by atoms with Gasteiger partial charge in [0.15, 0.2) is 34.5 Å². The maximum atomic E-state index is 12.8. The van der Waals surface area contributed by atoms with E-state index in [9.17, 15) is 9.59 Å². The molecule has 3 atom stereocenters. The van der Waals surface area contributed by atoms with Gasteiger partial charge in [-0.25, -0.2) is 9.59 Å². The number of quaternary nitrogens is 2. The van der Waals surface area contributed by atoms with Gasteiger partial charge >= 0.3 is 11.9 Å². The lowest BCUT2D eigenvalue weighted by Gasteiger charge is -2.46. The summed E-state index contributed by atoms with van der Waals surface area (Å²) in [5.41, 5.74) is 8.77. The summed E-state index contributed by atoms with van der Waals surface area (Å²) in [6.45, 7) is 6.48. The number of fused-ring (bicyclic) bond motifs is 2. The van der Waals surface area contributed by atoms with Crippen LogP contribution in [0.3, 0.4) is 0 Å². The van der Waals surface area contributed by atoms with Crippen LogP contribution < -0.4 is 37.9 Å². The fourth-order valence-electron chi connectivity index (χ4n) is 9.80. The second-order valence-corrected chi connectivity index (χ2v) is 17.5. The molecule has 2 aliphatic rings. The summed E-state index contributed by atoms with van der Waals surface area (Å²) < 4.78 is 58.6. The Labute approximate surface area is 390 Å². The van der Waals surface area contributed by atoms with Gasteiger partial charge in [0.25, 0.3) is 0 Å². The van der Waals surface area contributed by atoms with E-state index in [2.05, 4.69) is 38.4 Å². The zero-order valence-electron chi connectivity index (χ0n) is 40.6. The quantitative estimate of drug-likeness (QED) is 0.0353.